The number of para-hydroxylation sites is 2. The van der Waals surface area contributed by atoms with E-state index in [1.54, 1.807) is 42.5 Å². The smallest absolute Gasteiger partial charge is 0.265 e. The minimum Gasteiger partial charge on any atom is -0.482 e. The number of amides is 3. The topological polar surface area (TPSA) is 87.7 Å². The first-order valence-electron chi connectivity index (χ1n) is 8.83. The van der Waals surface area contributed by atoms with Gasteiger partial charge in [-0.1, -0.05) is 18.2 Å². The van der Waals surface area contributed by atoms with Gasteiger partial charge in [-0.25, -0.2) is 0 Å². The van der Waals surface area contributed by atoms with Crippen LogP contribution in [0.4, 0.5) is 11.4 Å². The SMILES string of the molecule is O=C(CN1C(=O)COc2ccccc21)Nc1cccc(C(=O)NC2CC2)c1. The van der Waals surface area contributed by atoms with Gasteiger partial charge in [-0.2, -0.15) is 0 Å². The highest BCUT2D eigenvalue weighted by Crippen LogP contribution is 2.31. The van der Waals surface area contributed by atoms with Crippen molar-refractivity contribution in [2.24, 2.45) is 0 Å². The minimum absolute atomic E-state index is 0.0961. The molecule has 138 valence electrons. The second-order valence-corrected chi connectivity index (χ2v) is 6.61. The Hall–Kier alpha value is -3.35. The van der Waals surface area contributed by atoms with Crippen molar-refractivity contribution in [2.75, 3.05) is 23.4 Å². The zero-order valence-corrected chi connectivity index (χ0v) is 14.6. The first-order valence-corrected chi connectivity index (χ1v) is 8.83. The Bertz CT molecular complexity index is 908. The van der Waals surface area contributed by atoms with Gasteiger partial charge in [-0.05, 0) is 43.2 Å². The van der Waals surface area contributed by atoms with Crippen LogP contribution in [-0.4, -0.2) is 36.9 Å². The van der Waals surface area contributed by atoms with Crippen molar-refractivity contribution in [3.05, 3.63) is 54.1 Å². The molecule has 1 heterocycles. The molecule has 1 aliphatic carbocycles. The molecule has 0 saturated heterocycles. The van der Waals surface area contributed by atoms with Crippen LogP contribution in [0.25, 0.3) is 0 Å². The maximum absolute atomic E-state index is 12.5. The average molecular weight is 365 g/mol. The first-order chi connectivity index (χ1) is 13.1. The third-order valence-corrected chi connectivity index (χ3v) is 4.43. The number of benzene rings is 2. The van der Waals surface area contributed by atoms with Crippen LogP contribution in [0.2, 0.25) is 0 Å². The summed E-state index contributed by atoms with van der Waals surface area (Å²) in [5, 5.41) is 5.67. The molecule has 4 rings (SSSR count). The van der Waals surface area contributed by atoms with Gasteiger partial charge in [0.05, 0.1) is 5.69 Å². The fourth-order valence-corrected chi connectivity index (χ4v) is 2.91. The van der Waals surface area contributed by atoms with Crippen molar-refractivity contribution in [3.8, 4) is 5.75 Å². The quantitative estimate of drug-likeness (QED) is 0.848. The number of hydrogen-bond donors (Lipinski definition) is 2. The lowest BCUT2D eigenvalue weighted by Gasteiger charge is -2.28. The molecule has 2 N–H and O–H groups in total. The van der Waals surface area contributed by atoms with Crippen LogP contribution in [0, 0.1) is 0 Å². The fourth-order valence-electron chi connectivity index (χ4n) is 2.91. The van der Waals surface area contributed by atoms with Crippen LogP contribution >= 0.6 is 0 Å². The number of carbonyl (C=O) groups is 3. The largest absolute Gasteiger partial charge is 0.482 e. The normalized spacial score (nSPS) is 15.6. The third kappa shape index (κ3) is 3.92. The Balaban J connectivity index is 1.44. The molecule has 1 fully saturated rings. The molecule has 0 unspecified atom stereocenters. The highest BCUT2D eigenvalue weighted by Gasteiger charge is 2.27. The second-order valence-electron chi connectivity index (χ2n) is 6.61. The van der Waals surface area contributed by atoms with Gasteiger partial charge in [-0.3, -0.25) is 19.3 Å². The van der Waals surface area contributed by atoms with E-state index in [2.05, 4.69) is 10.6 Å². The molecule has 27 heavy (non-hydrogen) atoms. The lowest BCUT2D eigenvalue weighted by molar-refractivity contribution is -0.123. The maximum atomic E-state index is 12.5. The van der Waals surface area contributed by atoms with Crippen molar-refractivity contribution < 1.29 is 19.1 Å². The molecule has 7 nitrogen and oxygen atoms in total. The van der Waals surface area contributed by atoms with Crippen LogP contribution in [0.3, 0.4) is 0 Å². The van der Waals surface area contributed by atoms with E-state index in [0.717, 1.165) is 12.8 Å². The summed E-state index contributed by atoms with van der Waals surface area (Å²) in [5.74, 6) is -0.198. The number of hydrogen-bond acceptors (Lipinski definition) is 4. The van der Waals surface area contributed by atoms with Crippen molar-refractivity contribution in [2.45, 2.75) is 18.9 Å². The standard InChI is InChI=1S/C20H19N3O4/c24-18(11-23-16-6-1-2-7-17(16)27-12-19(23)25)21-15-5-3-4-13(10-15)20(26)22-14-8-9-14/h1-7,10,14H,8-9,11-12H2,(H,21,24)(H,22,26). The first kappa shape index (κ1) is 17.1. The number of ether oxygens (including phenoxy) is 1. The summed E-state index contributed by atoms with van der Waals surface area (Å²) < 4.78 is 5.38. The van der Waals surface area contributed by atoms with E-state index in [1.807, 2.05) is 6.07 Å². The van der Waals surface area contributed by atoms with Crippen molar-refractivity contribution >= 4 is 29.1 Å². The molecule has 1 saturated carbocycles. The monoisotopic (exact) mass is 365 g/mol. The minimum atomic E-state index is -0.347. The molecule has 0 atom stereocenters. The van der Waals surface area contributed by atoms with Gasteiger partial charge < -0.3 is 15.4 Å². The van der Waals surface area contributed by atoms with E-state index in [1.165, 1.54) is 4.90 Å². The van der Waals surface area contributed by atoms with E-state index >= 15 is 0 Å². The van der Waals surface area contributed by atoms with Gasteiger partial charge in [0.25, 0.3) is 11.8 Å². The van der Waals surface area contributed by atoms with Crippen LogP contribution in [0.1, 0.15) is 23.2 Å². The number of nitrogens with one attached hydrogen (secondary N) is 2. The lowest BCUT2D eigenvalue weighted by atomic mass is 10.2. The van der Waals surface area contributed by atoms with Crippen LogP contribution in [0.15, 0.2) is 48.5 Å². The Morgan fingerprint density at radius 1 is 1.11 bits per heavy atom. The van der Waals surface area contributed by atoms with Gasteiger partial charge in [0, 0.05) is 17.3 Å². The molecule has 2 aromatic rings. The number of fused-ring (bicyclic) bond motifs is 1. The lowest BCUT2D eigenvalue weighted by Crippen LogP contribution is -2.43. The molecule has 0 spiro atoms. The molecule has 3 amide bonds. The van der Waals surface area contributed by atoms with Gasteiger partial charge in [0.1, 0.15) is 12.3 Å². The average Bonchev–Trinajstić information content (AvgIpc) is 3.48. The summed E-state index contributed by atoms with van der Waals surface area (Å²) in [6.45, 7) is -0.223. The van der Waals surface area contributed by atoms with Gasteiger partial charge in [-0.15, -0.1) is 0 Å². The number of nitrogens with zero attached hydrogens (tertiary/aromatic N) is 1. The van der Waals surface area contributed by atoms with Crippen molar-refractivity contribution in [1.82, 2.24) is 5.32 Å². The van der Waals surface area contributed by atoms with Gasteiger partial charge >= 0.3 is 0 Å². The summed E-state index contributed by atoms with van der Waals surface area (Å²) >= 11 is 0. The van der Waals surface area contributed by atoms with Gasteiger partial charge in [0.2, 0.25) is 5.91 Å². The molecular weight excluding hydrogens is 346 g/mol. The van der Waals surface area contributed by atoms with E-state index in [-0.39, 0.29) is 36.9 Å². The highest BCUT2D eigenvalue weighted by molar-refractivity contribution is 6.05. The van der Waals surface area contributed by atoms with Gasteiger partial charge in [0.15, 0.2) is 6.61 Å². The molecule has 0 bridgehead atoms. The molecule has 1 aliphatic heterocycles. The van der Waals surface area contributed by atoms with E-state index in [0.29, 0.717) is 22.7 Å². The van der Waals surface area contributed by atoms with E-state index in [9.17, 15) is 14.4 Å². The fraction of sp³-hybridized carbons (Fsp3) is 0.250. The van der Waals surface area contributed by atoms with E-state index in [4.69, 9.17) is 4.74 Å². The molecule has 0 radical (unpaired) electrons. The molecule has 0 aromatic heterocycles. The predicted molar refractivity (Wildman–Crippen MR) is 99.8 cm³/mol. The Kier molecular flexibility index (Phi) is 4.50. The van der Waals surface area contributed by atoms with Crippen LogP contribution in [0.5, 0.6) is 5.75 Å². The summed E-state index contributed by atoms with van der Waals surface area (Å²) in [6.07, 6.45) is 2.02. The summed E-state index contributed by atoms with van der Waals surface area (Å²) in [6, 6.07) is 14.1. The zero-order chi connectivity index (χ0) is 18.8. The highest BCUT2D eigenvalue weighted by atomic mass is 16.5. The summed E-state index contributed by atoms with van der Waals surface area (Å²) in [5.41, 5.74) is 1.58. The Morgan fingerprint density at radius 2 is 1.93 bits per heavy atom. The van der Waals surface area contributed by atoms with Crippen LogP contribution < -0.4 is 20.3 Å². The molecule has 2 aliphatic rings. The molecule has 7 heteroatoms. The third-order valence-electron chi connectivity index (χ3n) is 4.43. The van der Waals surface area contributed by atoms with E-state index < -0.39 is 0 Å². The van der Waals surface area contributed by atoms with Crippen molar-refractivity contribution in [3.63, 3.8) is 0 Å². The van der Waals surface area contributed by atoms with Crippen molar-refractivity contribution in [1.29, 1.82) is 0 Å². The Labute approximate surface area is 156 Å². The molecular formula is C20H19N3O4. The van der Waals surface area contributed by atoms with Crippen LogP contribution in [-0.2, 0) is 9.59 Å². The number of anilines is 2. The maximum Gasteiger partial charge on any atom is 0.265 e. The molecule has 2 aromatic carbocycles. The number of rotatable bonds is 5. The zero-order valence-electron chi connectivity index (χ0n) is 14.6. The summed E-state index contributed by atoms with van der Waals surface area (Å²) in [7, 11) is 0. The Morgan fingerprint density at radius 3 is 2.74 bits per heavy atom. The second kappa shape index (κ2) is 7.11. The number of carbonyl (C=O) groups excluding carboxylic acids is 3. The summed E-state index contributed by atoms with van der Waals surface area (Å²) in [4.78, 5) is 38.2. The predicted octanol–water partition coefficient (Wildman–Crippen LogP) is 1.94.